The van der Waals surface area contributed by atoms with Crippen LogP contribution in [0, 0.1) is 13.8 Å². The highest BCUT2D eigenvalue weighted by Crippen LogP contribution is 2.30. The number of anilines is 2. The molecule has 1 aliphatic rings. The molecule has 3 heterocycles. The van der Waals surface area contributed by atoms with E-state index >= 15 is 0 Å². The van der Waals surface area contributed by atoms with Crippen LogP contribution >= 0.6 is 28.3 Å². The zero-order valence-corrected chi connectivity index (χ0v) is 23.5. The molecule has 0 radical (unpaired) electrons. The first-order valence-electron chi connectivity index (χ1n) is 12.1. The highest BCUT2D eigenvalue weighted by Gasteiger charge is 2.19. The van der Waals surface area contributed by atoms with Crippen molar-refractivity contribution >= 4 is 50.7 Å². The number of aromatic amines is 2. The van der Waals surface area contributed by atoms with Gasteiger partial charge in [-0.2, -0.15) is 0 Å². The predicted octanol–water partition coefficient (Wildman–Crippen LogP) is 4.62. The van der Waals surface area contributed by atoms with Crippen LogP contribution in [0.3, 0.4) is 0 Å². The van der Waals surface area contributed by atoms with Crippen molar-refractivity contribution in [2.24, 2.45) is 0 Å². The molecule has 2 aromatic heterocycles. The number of imidazole rings is 1. The Hall–Kier alpha value is -2.85. The number of pyridine rings is 1. The van der Waals surface area contributed by atoms with Gasteiger partial charge in [0.15, 0.2) is 0 Å². The summed E-state index contributed by atoms with van der Waals surface area (Å²) in [6.07, 6.45) is 0.862. The summed E-state index contributed by atoms with van der Waals surface area (Å²) in [7, 11) is 2.15. The summed E-state index contributed by atoms with van der Waals surface area (Å²) in [6, 6.07) is 11.9. The van der Waals surface area contributed by atoms with E-state index in [1.807, 2.05) is 25.1 Å². The summed E-state index contributed by atoms with van der Waals surface area (Å²) in [5, 5.41) is 14.0. The van der Waals surface area contributed by atoms with Crippen LogP contribution in [-0.4, -0.2) is 64.7 Å². The van der Waals surface area contributed by atoms with Crippen LogP contribution in [0.2, 0.25) is 0 Å². The number of nitrogens with one attached hydrogen (secondary N) is 3. The molecular formula is C27H32BrClN6O2. The van der Waals surface area contributed by atoms with Gasteiger partial charge < -0.3 is 30.2 Å². The molecular weight excluding hydrogens is 556 g/mol. The number of benzene rings is 2. The summed E-state index contributed by atoms with van der Waals surface area (Å²) < 4.78 is 0.949. The average Bonchev–Trinajstić information content (AvgIpc) is 3.29. The second kappa shape index (κ2) is 11.3. The predicted molar refractivity (Wildman–Crippen MR) is 156 cm³/mol. The molecule has 10 heteroatoms. The van der Waals surface area contributed by atoms with Crippen molar-refractivity contribution in [3.8, 4) is 11.4 Å². The minimum Gasteiger partial charge on any atom is -0.387 e. The number of aryl methyl sites for hydroxylation is 2. The number of aromatic nitrogens is 3. The van der Waals surface area contributed by atoms with Gasteiger partial charge in [-0.3, -0.25) is 4.79 Å². The first kappa shape index (κ1) is 27.2. The van der Waals surface area contributed by atoms with Gasteiger partial charge in [-0.25, -0.2) is 4.98 Å². The highest BCUT2D eigenvalue weighted by molar-refractivity contribution is 9.10. The highest BCUT2D eigenvalue weighted by atomic mass is 79.9. The van der Waals surface area contributed by atoms with Crippen LogP contribution in [0.4, 0.5) is 11.4 Å². The number of hydrogen-bond donors (Lipinski definition) is 4. The van der Waals surface area contributed by atoms with Gasteiger partial charge >= 0.3 is 0 Å². The third-order valence-electron chi connectivity index (χ3n) is 6.89. The second-order valence-electron chi connectivity index (χ2n) is 9.54. The largest absolute Gasteiger partial charge is 0.387 e. The number of piperazine rings is 1. The van der Waals surface area contributed by atoms with Crippen LogP contribution in [0.1, 0.15) is 22.8 Å². The Morgan fingerprint density at radius 3 is 2.59 bits per heavy atom. The van der Waals surface area contributed by atoms with Crippen molar-refractivity contribution in [1.82, 2.24) is 19.9 Å². The molecule has 0 spiro atoms. The van der Waals surface area contributed by atoms with Gasteiger partial charge in [0.2, 0.25) is 0 Å². The Morgan fingerprint density at radius 1 is 1.11 bits per heavy atom. The van der Waals surface area contributed by atoms with Crippen molar-refractivity contribution < 1.29 is 5.11 Å². The maximum absolute atomic E-state index is 12.9. The monoisotopic (exact) mass is 586 g/mol. The number of nitrogens with zero attached hydrogens (tertiary/aromatic N) is 3. The zero-order chi connectivity index (χ0) is 25.4. The lowest BCUT2D eigenvalue weighted by molar-refractivity contribution is 0.191. The Bertz CT molecular complexity index is 1460. The molecule has 37 heavy (non-hydrogen) atoms. The van der Waals surface area contributed by atoms with Crippen LogP contribution in [-0.2, 0) is 0 Å². The van der Waals surface area contributed by atoms with Crippen molar-refractivity contribution in [3.63, 3.8) is 0 Å². The number of aliphatic hydroxyl groups excluding tert-OH is 1. The van der Waals surface area contributed by atoms with E-state index in [4.69, 9.17) is 4.98 Å². The van der Waals surface area contributed by atoms with E-state index in [9.17, 15) is 9.90 Å². The molecule has 196 valence electrons. The van der Waals surface area contributed by atoms with Gasteiger partial charge in [-0.15, -0.1) is 12.4 Å². The van der Waals surface area contributed by atoms with E-state index in [1.165, 1.54) is 0 Å². The van der Waals surface area contributed by atoms with Crippen LogP contribution in [0.15, 0.2) is 51.9 Å². The molecule has 0 bridgehead atoms. The van der Waals surface area contributed by atoms with Gasteiger partial charge in [0.05, 0.1) is 22.8 Å². The normalized spacial score (nSPS) is 15.0. The molecule has 0 unspecified atom stereocenters. The molecule has 5 rings (SSSR count). The van der Waals surface area contributed by atoms with E-state index in [0.717, 1.165) is 64.1 Å². The summed E-state index contributed by atoms with van der Waals surface area (Å²) in [5.41, 5.74) is 6.66. The second-order valence-corrected chi connectivity index (χ2v) is 10.4. The number of hydrogen-bond acceptors (Lipinski definition) is 6. The van der Waals surface area contributed by atoms with Crippen molar-refractivity contribution in [2.75, 3.05) is 50.0 Å². The van der Waals surface area contributed by atoms with Gasteiger partial charge in [-0.1, -0.05) is 28.1 Å². The van der Waals surface area contributed by atoms with Crippen molar-refractivity contribution in [1.29, 1.82) is 0 Å². The van der Waals surface area contributed by atoms with Gasteiger partial charge in [0.25, 0.3) is 5.56 Å². The van der Waals surface area contributed by atoms with Crippen molar-refractivity contribution in [3.05, 3.63) is 74.1 Å². The molecule has 4 aromatic rings. The average molecular weight is 588 g/mol. The molecule has 1 fully saturated rings. The third kappa shape index (κ3) is 5.70. The molecule has 4 N–H and O–H groups in total. The number of rotatable bonds is 6. The summed E-state index contributed by atoms with van der Waals surface area (Å²) in [5.74, 6) is 0.501. The fraction of sp³-hybridized carbons (Fsp3) is 0.333. The maximum Gasteiger partial charge on any atom is 0.261 e. The molecule has 0 aliphatic carbocycles. The van der Waals surface area contributed by atoms with E-state index in [1.54, 1.807) is 12.3 Å². The topological polar surface area (TPSA) is 100 Å². The Labute approximate surface area is 230 Å². The third-order valence-corrected chi connectivity index (χ3v) is 7.75. The summed E-state index contributed by atoms with van der Waals surface area (Å²) in [4.78, 5) is 28.6. The minimum atomic E-state index is -0.738. The van der Waals surface area contributed by atoms with Crippen LogP contribution < -0.4 is 15.8 Å². The van der Waals surface area contributed by atoms with E-state index in [0.29, 0.717) is 17.1 Å². The molecule has 1 aliphatic heterocycles. The number of aliphatic hydroxyl groups is 1. The van der Waals surface area contributed by atoms with Gasteiger partial charge in [0, 0.05) is 49.1 Å². The summed E-state index contributed by atoms with van der Waals surface area (Å²) >= 11 is 3.52. The number of fused-ring (bicyclic) bond motifs is 1. The lowest BCUT2D eigenvalue weighted by atomic mass is 10.1. The fourth-order valence-corrected chi connectivity index (χ4v) is 5.04. The molecule has 1 atom stereocenters. The first-order valence-corrected chi connectivity index (χ1v) is 12.9. The minimum absolute atomic E-state index is 0. The molecule has 1 saturated heterocycles. The Kier molecular flexibility index (Phi) is 8.28. The SMILES string of the molecule is Cc1ccc([C@H](O)CNc2cc[nH]c(=O)c2-c2nc3c(C)cc(N4CCN(C)CC4)cc3[nH]2)cc1Br.Cl. The van der Waals surface area contributed by atoms with Gasteiger partial charge in [-0.05, 0) is 61.9 Å². The maximum atomic E-state index is 12.9. The number of H-pyrrole nitrogens is 2. The quantitative estimate of drug-likeness (QED) is 0.263. The lowest BCUT2D eigenvalue weighted by Gasteiger charge is -2.34. The number of halogens is 2. The fourth-order valence-electron chi connectivity index (χ4n) is 4.64. The van der Waals surface area contributed by atoms with Gasteiger partial charge in [0.1, 0.15) is 11.4 Å². The lowest BCUT2D eigenvalue weighted by Crippen LogP contribution is -2.44. The number of likely N-dealkylation sites (N-methyl/N-ethyl adjacent to an activating group) is 1. The van der Waals surface area contributed by atoms with E-state index < -0.39 is 6.10 Å². The smallest absolute Gasteiger partial charge is 0.261 e. The molecule has 8 nitrogen and oxygen atoms in total. The van der Waals surface area contributed by atoms with E-state index in [-0.39, 0.29) is 24.5 Å². The summed E-state index contributed by atoms with van der Waals surface area (Å²) in [6.45, 7) is 8.33. The molecule has 0 saturated carbocycles. The van der Waals surface area contributed by atoms with Crippen molar-refractivity contribution in [2.45, 2.75) is 20.0 Å². The Balaban J connectivity index is 0.00000320. The molecule has 0 amide bonds. The zero-order valence-electron chi connectivity index (χ0n) is 21.1. The molecule has 2 aromatic carbocycles. The standard InChI is InChI=1S/C27H31BrN6O2.ClH/c1-16-4-5-18(13-20(16)28)23(35)15-30-21-6-7-29-27(36)24(21)26-31-22-14-19(12-17(2)25(22)32-26)34-10-8-33(3)9-11-34;/h4-7,12-14,23,35H,8-11,15H2,1-3H3,(H,31,32)(H2,29,30,36);1H/t23-;/m1./s1. The van der Waals surface area contributed by atoms with E-state index in [2.05, 4.69) is 67.1 Å². The van der Waals surface area contributed by atoms with Crippen LogP contribution in [0.5, 0.6) is 0 Å². The van der Waals surface area contributed by atoms with Crippen LogP contribution in [0.25, 0.3) is 22.4 Å². The first-order chi connectivity index (χ1) is 17.3. The Morgan fingerprint density at radius 2 is 1.86 bits per heavy atom.